The number of oxazole rings is 1. The van der Waals surface area contributed by atoms with E-state index in [1.165, 1.54) is 13.2 Å². The number of methoxy groups -OCH3 is 1. The van der Waals surface area contributed by atoms with Crippen molar-refractivity contribution in [1.82, 2.24) is 24.3 Å². The van der Waals surface area contributed by atoms with Crippen LogP contribution >= 0.6 is 0 Å². The summed E-state index contributed by atoms with van der Waals surface area (Å²) in [5, 5.41) is 8.33. The van der Waals surface area contributed by atoms with Gasteiger partial charge in [-0.1, -0.05) is 6.07 Å². The number of benzene rings is 2. The molecule has 172 valence electrons. The van der Waals surface area contributed by atoms with Gasteiger partial charge in [-0.15, -0.1) is 5.10 Å². The Balaban J connectivity index is 1.51. The number of aryl methyl sites for hydroxylation is 1. The highest BCUT2D eigenvalue weighted by molar-refractivity contribution is 5.92. The van der Waals surface area contributed by atoms with Crippen LogP contribution in [0.5, 0.6) is 5.75 Å². The van der Waals surface area contributed by atoms with E-state index in [2.05, 4.69) is 15.2 Å². The van der Waals surface area contributed by atoms with Gasteiger partial charge in [0.1, 0.15) is 17.1 Å². The maximum absolute atomic E-state index is 15.1. The zero-order valence-electron chi connectivity index (χ0n) is 18.8. The van der Waals surface area contributed by atoms with Crippen molar-refractivity contribution in [3.05, 3.63) is 59.2 Å². The molecular weight excluding hydrogens is 437 g/mol. The lowest BCUT2D eigenvalue weighted by molar-refractivity contribution is 0.416. The third-order valence-electron chi connectivity index (χ3n) is 6.44. The van der Waals surface area contributed by atoms with Crippen LogP contribution in [-0.2, 0) is 13.1 Å². The van der Waals surface area contributed by atoms with Crippen LogP contribution in [0.4, 0.5) is 4.39 Å². The molecule has 0 spiro atoms. The summed E-state index contributed by atoms with van der Waals surface area (Å²) in [6.45, 7) is 3.34. The number of fused-ring (bicyclic) bond motifs is 2. The lowest BCUT2D eigenvalue weighted by Crippen LogP contribution is -2.15. The van der Waals surface area contributed by atoms with E-state index >= 15 is 4.39 Å². The lowest BCUT2D eigenvalue weighted by atomic mass is 9.98. The van der Waals surface area contributed by atoms with Crippen molar-refractivity contribution in [3.8, 4) is 28.0 Å². The van der Waals surface area contributed by atoms with E-state index in [4.69, 9.17) is 9.15 Å². The highest BCUT2D eigenvalue weighted by Gasteiger charge is 2.25. The number of halogens is 1. The van der Waals surface area contributed by atoms with Crippen molar-refractivity contribution in [1.29, 1.82) is 0 Å². The number of hydrogen-bond donors (Lipinski definition) is 0. The number of aromatic nitrogens is 5. The second-order valence-electron chi connectivity index (χ2n) is 8.60. The summed E-state index contributed by atoms with van der Waals surface area (Å²) in [6.07, 6.45) is 5.57. The normalized spacial score (nSPS) is 13.7. The van der Waals surface area contributed by atoms with Crippen molar-refractivity contribution < 1.29 is 13.5 Å². The Labute approximate surface area is 193 Å². The first-order chi connectivity index (χ1) is 16.6. The Hall–Kier alpha value is -4.01. The van der Waals surface area contributed by atoms with Gasteiger partial charge >= 0.3 is 5.76 Å². The smallest absolute Gasteiger partial charge is 0.419 e. The van der Waals surface area contributed by atoms with Crippen molar-refractivity contribution in [3.63, 3.8) is 0 Å². The first kappa shape index (κ1) is 20.6. The molecule has 2 aromatic carbocycles. The van der Waals surface area contributed by atoms with Gasteiger partial charge in [0, 0.05) is 35.8 Å². The standard InChI is InChI=1S/C25H22FN5O3/c1-3-30-13-27-23-18(11-28-29-24(23)30)15-6-7-19(26)16(8-15)17-9-22-20(10-21(17)33-2)31(25(32)34-22)12-14-4-5-14/h6-11,13-14H,3-5,12H2,1-2H3. The molecular formula is C25H22FN5O3. The van der Waals surface area contributed by atoms with Gasteiger partial charge in [0.25, 0.3) is 0 Å². The van der Waals surface area contributed by atoms with Gasteiger partial charge in [0.15, 0.2) is 11.2 Å². The molecule has 8 nitrogen and oxygen atoms in total. The van der Waals surface area contributed by atoms with Gasteiger partial charge in [-0.25, -0.2) is 14.2 Å². The van der Waals surface area contributed by atoms with Crippen LogP contribution in [-0.4, -0.2) is 31.4 Å². The number of ether oxygens (including phenoxy) is 1. The second-order valence-corrected chi connectivity index (χ2v) is 8.60. The maximum atomic E-state index is 15.1. The molecule has 0 saturated heterocycles. The molecule has 0 radical (unpaired) electrons. The summed E-state index contributed by atoms with van der Waals surface area (Å²) in [5.41, 5.74) is 4.74. The summed E-state index contributed by atoms with van der Waals surface area (Å²) in [5.74, 6) is 0.132. The van der Waals surface area contributed by atoms with Crippen LogP contribution in [0.1, 0.15) is 19.8 Å². The van der Waals surface area contributed by atoms with E-state index in [9.17, 15) is 4.79 Å². The van der Waals surface area contributed by atoms with Gasteiger partial charge in [0.05, 0.1) is 25.2 Å². The number of hydrogen-bond acceptors (Lipinski definition) is 6. The molecule has 1 aliphatic carbocycles. The van der Waals surface area contributed by atoms with E-state index in [0.29, 0.717) is 58.1 Å². The highest BCUT2D eigenvalue weighted by atomic mass is 19.1. The minimum absolute atomic E-state index is 0.328. The first-order valence-electron chi connectivity index (χ1n) is 11.3. The molecule has 0 atom stereocenters. The SMILES string of the molecule is CCn1cnc2c(-c3ccc(F)c(-c4cc5oc(=O)n(CC6CC6)c5cc4OC)c3)cnnc21. The van der Waals surface area contributed by atoms with Crippen LogP contribution in [0.15, 0.2) is 52.1 Å². The minimum Gasteiger partial charge on any atom is -0.496 e. The number of rotatable bonds is 6. The zero-order valence-corrected chi connectivity index (χ0v) is 18.8. The predicted octanol–water partition coefficient (Wildman–Crippen LogP) is 4.65. The predicted molar refractivity (Wildman–Crippen MR) is 125 cm³/mol. The quantitative estimate of drug-likeness (QED) is 0.367. The fourth-order valence-electron chi connectivity index (χ4n) is 4.42. The monoisotopic (exact) mass is 459 g/mol. The molecule has 1 saturated carbocycles. The Morgan fingerprint density at radius 2 is 2.03 bits per heavy atom. The maximum Gasteiger partial charge on any atom is 0.419 e. The van der Waals surface area contributed by atoms with E-state index in [-0.39, 0.29) is 0 Å². The van der Waals surface area contributed by atoms with Gasteiger partial charge in [0.2, 0.25) is 0 Å². The number of imidazole rings is 1. The third-order valence-corrected chi connectivity index (χ3v) is 6.44. The number of nitrogens with zero attached hydrogens (tertiary/aromatic N) is 5. The molecule has 34 heavy (non-hydrogen) atoms. The van der Waals surface area contributed by atoms with Crippen LogP contribution < -0.4 is 10.5 Å². The van der Waals surface area contributed by atoms with Crippen molar-refractivity contribution in [2.45, 2.75) is 32.9 Å². The van der Waals surface area contributed by atoms with Crippen molar-refractivity contribution in [2.24, 2.45) is 5.92 Å². The molecule has 3 heterocycles. The summed E-state index contributed by atoms with van der Waals surface area (Å²) in [4.78, 5) is 17.0. The Morgan fingerprint density at radius 1 is 1.18 bits per heavy atom. The van der Waals surface area contributed by atoms with Crippen molar-refractivity contribution in [2.75, 3.05) is 7.11 Å². The minimum atomic E-state index is -0.418. The molecule has 0 aliphatic heterocycles. The van der Waals surface area contributed by atoms with Crippen LogP contribution in [0, 0.1) is 11.7 Å². The zero-order chi connectivity index (χ0) is 23.4. The highest BCUT2D eigenvalue weighted by Crippen LogP contribution is 2.39. The van der Waals surface area contributed by atoms with E-state index in [1.807, 2.05) is 11.5 Å². The summed E-state index contributed by atoms with van der Waals surface area (Å²) in [7, 11) is 1.53. The molecule has 9 heteroatoms. The topological polar surface area (TPSA) is 88.0 Å². The summed E-state index contributed by atoms with van der Waals surface area (Å²) in [6, 6.07) is 8.26. The molecule has 0 bridgehead atoms. The average Bonchev–Trinajstić information content (AvgIpc) is 3.49. The van der Waals surface area contributed by atoms with Gasteiger partial charge < -0.3 is 13.7 Å². The molecule has 6 rings (SSSR count). The van der Waals surface area contributed by atoms with Gasteiger partial charge in [-0.2, -0.15) is 5.10 Å². The van der Waals surface area contributed by atoms with Crippen molar-refractivity contribution >= 4 is 22.3 Å². The lowest BCUT2D eigenvalue weighted by Gasteiger charge is -2.12. The van der Waals surface area contributed by atoms with E-state index < -0.39 is 11.6 Å². The molecule has 5 aromatic rings. The Morgan fingerprint density at radius 3 is 2.79 bits per heavy atom. The van der Waals surface area contributed by atoms with Gasteiger partial charge in [-0.05, 0) is 49.4 Å². The Bertz CT molecular complexity index is 1610. The molecule has 1 aliphatic rings. The first-order valence-corrected chi connectivity index (χ1v) is 11.3. The second kappa shape index (κ2) is 7.79. The third kappa shape index (κ3) is 3.27. The fourth-order valence-corrected chi connectivity index (χ4v) is 4.42. The van der Waals surface area contributed by atoms with Crippen LogP contribution in [0.2, 0.25) is 0 Å². The van der Waals surface area contributed by atoms with Crippen LogP contribution in [0.3, 0.4) is 0 Å². The molecule has 1 fully saturated rings. The molecule has 0 unspecified atom stereocenters. The van der Waals surface area contributed by atoms with E-state index in [0.717, 1.165) is 24.0 Å². The van der Waals surface area contributed by atoms with E-state index in [1.54, 1.807) is 41.4 Å². The summed E-state index contributed by atoms with van der Waals surface area (Å²) < 4.78 is 29.8. The fraction of sp³-hybridized carbons (Fsp3) is 0.280. The molecule has 3 aromatic heterocycles. The van der Waals surface area contributed by atoms with Crippen LogP contribution in [0.25, 0.3) is 44.5 Å². The largest absolute Gasteiger partial charge is 0.496 e. The Kier molecular flexibility index (Phi) is 4.72. The summed E-state index contributed by atoms with van der Waals surface area (Å²) >= 11 is 0. The van der Waals surface area contributed by atoms with Gasteiger partial charge in [-0.3, -0.25) is 4.57 Å². The average molecular weight is 459 g/mol. The molecule has 0 N–H and O–H groups in total. The molecule has 0 amide bonds.